The fraction of sp³-hybridized carbons (Fsp3) is 0.143. The maximum atomic E-state index is 12.3. The Hall–Kier alpha value is -3.72. The third-order valence-corrected chi connectivity index (χ3v) is 4.55. The number of rotatable bonds is 2. The Balaban J connectivity index is 2.03. The molecule has 0 fully saturated rings. The largest absolute Gasteiger partial charge is 0.354 e. The number of nitrogens with one attached hydrogen (secondary N) is 1. The lowest BCUT2D eigenvalue weighted by Gasteiger charge is -2.12. The van der Waals surface area contributed by atoms with Crippen LogP contribution in [0, 0.1) is 12.3 Å². The second-order valence-corrected chi connectivity index (χ2v) is 6.17. The number of carbonyl (C=O) groups excluding carboxylic acids is 1. The molecule has 3 aromatic rings. The third-order valence-electron chi connectivity index (χ3n) is 4.55. The predicted molar refractivity (Wildman–Crippen MR) is 103 cm³/mol. The molecule has 0 saturated heterocycles. The van der Waals surface area contributed by atoms with Crippen molar-refractivity contribution in [2.75, 3.05) is 7.05 Å². The summed E-state index contributed by atoms with van der Waals surface area (Å²) in [5.41, 5.74) is 5.05. The molecule has 0 bridgehead atoms. The van der Waals surface area contributed by atoms with Crippen LogP contribution in [-0.2, 0) is 0 Å². The van der Waals surface area contributed by atoms with Crippen molar-refractivity contribution in [2.24, 2.45) is 4.99 Å². The van der Waals surface area contributed by atoms with Crippen molar-refractivity contribution in [1.82, 2.24) is 19.9 Å². The fourth-order valence-electron chi connectivity index (χ4n) is 3.30. The van der Waals surface area contributed by atoms with E-state index in [0.29, 0.717) is 5.69 Å². The number of hydrogen-bond donors (Lipinski definition) is 1. The van der Waals surface area contributed by atoms with Gasteiger partial charge in [-0.15, -0.1) is 6.42 Å². The SMILES string of the molecule is C#Cc1ccc2c(c1)C(c1ccccn1)=N[C@@H](C)c1c(C(=O)NC)ncn1-2. The van der Waals surface area contributed by atoms with Crippen LogP contribution in [0.2, 0.25) is 0 Å². The molecule has 0 spiro atoms. The van der Waals surface area contributed by atoms with E-state index in [1.807, 2.05) is 47.9 Å². The van der Waals surface area contributed by atoms with Crippen molar-refractivity contribution in [2.45, 2.75) is 13.0 Å². The highest BCUT2D eigenvalue weighted by Gasteiger charge is 2.28. The number of benzene rings is 1. The lowest BCUT2D eigenvalue weighted by atomic mass is 10.0. The second-order valence-electron chi connectivity index (χ2n) is 6.17. The zero-order chi connectivity index (χ0) is 19.0. The Morgan fingerprint density at radius 3 is 2.81 bits per heavy atom. The number of amides is 1. The topological polar surface area (TPSA) is 72.2 Å². The van der Waals surface area contributed by atoms with Gasteiger partial charge in [0.25, 0.3) is 5.91 Å². The van der Waals surface area contributed by atoms with Crippen molar-refractivity contribution in [3.05, 3.63) is 77.1 Å². The van der Waals surface area contributed by atoms with Crippen LogP contribution in [0.15, 0.2) is 53.9 Å². The molecule has 0 aliphatic carbocycles. The minimum Gasteiger partial charge on any atom is -0.354 e. The van der Waals surface area contributed by atoms with E-state index in [2.05, 4.69) is 21.2 Å². The maximum Gasteiger partial charge on any atom is 0.271 e. The molecule has 3 heterocycles. The van der Waals surface area contributed by atoms with Crippen LogP contribution in [0.3, 0.4) is 0 Å². The molecule has 132 valence electrons. The summed E-state index contributed by atoms with van der Waals surface area (Å²) >= 11 is 0. The molecule has 2 aromatic heterocycles. The predicted octanol–water partition coefficient (Wildman–Crippen LogP) is 2.52. The minimum absolute atomic E-state index is 0.242. The van der Waals surface area contributed by atoms with Gasteiger partial charge in [-0.25, -0.2) is 4.98 Å². The molecule has 6 nitrogen and oxygen atoms in total. The average molecular weight is 355 g/mol. The average Bonchev–Trinajstić information content (AvgIpc) is 3.12. The molecule has 4 rings (SSSR count). The van der Waals surface area contributed by atoms with Crippen molar-refractivity contribution in [1.29, 1.82) is 0 Å². The van der Waals surface area contributed by atoms with Gasteiger partial charge in [0, 0.05) is 24.4 Å². The lowest BCUT2D eigenvalue weighted by Crippen LogP contribution is -2.20. The number of hydrogen-bond acceptors (Lipinski definition) is 4. The zero-order valence-corrected chi connectivity index (χ0v) is 15.0. The van der Waals surface area contributed by atoms with E-state index in [9.17, 15) is 4.79 Å². The Morgan fingerprint density at radius 1 is 1.26 bits per heavy atom. The molecule has 1 N–H and O–H groups in total. The van der Waals surface area contributed by atoms with Crippen LogP contribution in [0.25, 0.3) is 5.69 Å². The van der Waals surface area contributed by atoms with E-state index in [1.54, 1.807) is 19.6 Å². The number of carbonyl (C=O) groups is 1. The quantitative estimate of drug-likeness (QED) is 0.718. The standard InChI is InChI=1S/C21H17N5O/c1-4-14-8-9-17-15(11-14)18(16-7-5-6-10-23-16)25-13(2)20-19(21(27)22-3)24-12-26(17)20/h1,5-13H,2-3H3,(H,22,27)/t13-/m0/s1. The van der Waals surface area contributed by atoms with Crippen LogP contribution in [0.1, 0.15) is 46.0 Å². The van der Waals surface area contributed by atoms with Gasteiger partial charge in [-0.3, -0.25) is 19.3 Å². The number of pyridine rings is 1. The second kappa shape index (κ2) is 6.54. The van der Waals surface area contributed by atoms with Crippen LogP contribution in [-0.4, -0.2) is 33.2 Å². The molecule has 1 aliphatic heterocycles. The molecule has 27 heavy (non-hydrogen) atoms. The molecule has 0 unspecified atom stereocenters. The number of imidazole rings is 1. The van der Waals surface area contributed by atoms with Gasteiger partial charge in [0.1, 0.15) is 6.33 Å². The van der Waals surface area contributed by atoms with Gasteiger partial charge in [0.15, 0.2) is 5.69 Å². The van der Waals surface area contributed by atoms with Crippen molar-refractivity contribution in [3.63, 3.8) is 0 Å². The van der Waals surface area contributed by atoms with Crippen molar-refractivity contribution < 1.29 is 4.79 Å². The normalized spacial score (nSPS) is 15.0. The summed E-state index contributed by atoms with van der Waals surface area (Å²) in [5, 5.41) is 2.64. The van der Waals surface area contributed by atoms with Crippen molar-refractivity contribution >= 4 is 11.6 Å². The van der Waals surface area contributed by atoms with E-state index < -0.39 is 0 Å². The lowest BCUT2D eigenvalue weighted by molar-refractivity contribution is 0.0957. The first-order valence-electron chi connectivity index (χ1n) is 8.54. The van der Waals surface area contributed by atoms with E-state index in [4.69, 9.17) is 11.4 Å². The first-order valence-corrected chi connectivity index (χ1v) is 8.54. The third kappa shape index (κ3) is 2.70. The van der Waals surface area contributed by atoms with Gasteiger partial charge in [-0.2, -0.15) is 0 Å². The first kappa shape index (κ1) is 16.7. The minimum atomic E-state index is -0.293. The Morgan fingerprint density at radius 2 is 2.11 bits per heavy atom. The molecule has 0 saturated carbocycles. The van der Waals surface area contributed by atoms with Crippen LogP contribution < -0.4 is 5.32 Å². The number of nitrogens with zero attached hydrogens (tertiary/aromatic N) is 4. The van der Waals surface area contributed by atoms with E-state index >= 15 is 0 Å². The van der Waals surface area contributed by atoms with Gasteiger partial charge in [0.05, 0.1) is 28.8 Å². The Labute approximate surface area is 157 Å². The smallest absolute Gasteiger partial charge is 0.271 e. The van der Waals surface area contributed by atoms with Gasteiger partial charge in [0.2, 0.25) is 0 Å². The van der Waals surface area contributed by atoms with E-state index in [0.717, 1.165) is 33.9 Å². The summed E-state index contributed by atoms with van der Waals surface area (Å²) in [5.74, 6) is 2.43. The summed E-state index contributed by atoms with van der Waals surface area (Å²) in [6.07, 6.45) is 9.00. The monoisotopic (exact) mass is 355 g/mol. The Bertz CT molecular complexity index is 1110. The maximum absolute atomic E-state index is 12.3. The zero-order valence-electron chi connectivity index (χ0n) is 15.0. The molecular formula is C21H17N5O. The number of aromatic nitrogens is 3. The number of terminal acetylenes is 1. The summed E-state index contributed by atoms with van der Waals surface area (Å²) < 4.78 is 1.91. The molecule has 0 radical (unpaired) electrons. The molecule has 1 aliphatic rings. The first-order chi connectivity index (χ1) is 13.1. The summed E-state index contributed by atoms with van der Waals surface area (Å²) in [6.45, 7) is 1.94. The summed E-state index contributed by atoms with van der Waals surface area (Å²) in [7, 11) is 1.59. The summed E-state index contributed by atoms with van der Waals surface area (Å²) in [6, 6.07) is 11.1. The van der Waals surface area contributed by atoms with Gasteiger partial charge in [-0.05, 0) is 37.3 Å². The Kier molecular flexibility index (Phi) is 4.05. The van der Waals surface area contributed by atoms with E-state index in [-0.39, 0.29) is 11.9 Å². The molecule has 1 amide bonds. The van der Waals surface area contributed by atoms with Crippen molar-refractivity contribution in [3.8, 4) is 18.0 Å². The number of aliphatic imine (C=N–C) groups is 1. The molecule has 1 atom stereocenters. The van der Waals surface area contributed by atoms with Crippen LogP contribution in [0.4, 0.5) is 0 Å². The number of fused-ring (bicyclic) bond motifs is 3. The molecule has 1 aromatic carbocycles. The van der Waals surface area contributed by atoms with Gasteiger partial charge in [-0.1, -0.05) is 12.0 Å². The van der Waals surface area contributed by atoms with E-state index in [1.165, 1.54) is 0 Å². The van der Waals surface area contributed by atoms with Gasteiger partial charge >= 0.3 is 0 Å². The highest BCUT2D eigenvalue weighted by Crippen LogP contribution is 2.32. The van der Waals surface area contributed by atoms with Crippen LogP contribution in [0.5, 0.6) is 0 Å². The van der Waals surface area contributed by atoms with Gasteiger partial charge < -0.3 is 5.32 Å². The highest BCUT2D eigenvalue weighted by molar-refractivity contribution is 6.14. The summed E-state index contributed by atoms with van der Waals surface area (Å²) in [4.78, 5) is 26.0. The molecular weight excluding hydrogens is 338 g/mol. The van der Waals surface area contributed by atoms with Crippen LogP contribution >= 0.6 is 0 Å². The molecule has 6 heteroatoms. The highest BCUT2D eigenvalue weighted by atomic mass is 16.1. The fourth-order valence-corrected chi connectivity index (χ4v) is 3.30.